The van der Waals surface area contributed by atoms with E-state index in [1.54, 1.807) is 30.3 Å². The van der Waals surface area contributed by atoms with E-state index in [4.69, 9.17) is 23.8 Å². The highest BCUT2D eigenvalue weighted by Crippen LogP contribution is 2.35. The van der Waals surface area contributed by atoms with Crippen molar-refractivity contribution in [3.8, 4) is 0 Å². The highest BCUT2D eigenvalue weighted by Gasteiger charge is 2.33. The fourth-order valence-corrected chi connectivity index (χ4v) is 3.12. The number of anilines is 3. The van der Waals surface area contributed by atoms with E-state index in [1.807, 2.05) is 0 Å². The predicted octanol–water partition coefficient (Wildman–Crippen LogP) is 6.56. The molecule has 0 aromatic heterocycles. The fraction of sp³-hybridized carbons (Fsp3) is 0.0476. The largest absolute Gasteiger partial charge is 0.417 e. The number of nitrogens with one attached hydrogen (secondary N) is 3. The van der Waals surface area contributed by atoms with E-state index in [2.05, 4.69) is 16.0 Å². The Morgan fingerprint density at radius 2 is 1.39 bits per heavy atom. The Hall–Kier alpha value is -3.17. The molecule has 3 rings (SSSR count). The van der Waals surface area contributed by atoms with Crippen molar-refractivity contribution in [3.05, 3.63) is 88.7 Å². The zero-order valence-electron chi connectivity index (χ0n) is 15.6. The summed E-state index contributed by atoms with van der Waals surface area (Å²) in [6, 6.07) is 15.2. The molecule has 3 aromatic carbocycles. The summed E-state index contributed by atoms with van der Waals surface area (Å²) in [5, 5.41) is 7.86. The van der Waals surface area contributed by atoms with E-state index in [9.17, 15) is 22.4 Å². The molecular weight excluding hydrogens is 454 g/mol. The maximum Gasteiger partial charge on any atom is 0.417 e. The second-order valence-corrected chi connectivity index (χ2v) is 7.10. The van der Waals surface area contributed by atoms with Crippen LogP contribution in [0.2, 0.25) is 5.02 Å². The molecule has 31 heavy (non-hydrogen) atoms. The molecule has 0 bridgehead atoms. The predicted molar refractivity (Wildman–Crippen MR) is 117 cm³/mol. The molecule has 0 aliphatic rings. The molecule has 0 aliphatic heterocycles. The number of hydrogen-bond donors (Lipinski definition) is 3. The van der Waals surface area contributed by atoms with Crippen molar-refractivity contribution in [3.63, 3.8) is 0 Å². The number of halogens is 5. The zero-order valence-corrected chi connectivity index (χ0v) is 17.1. The molecule has 0 aliphatic carbocycles. The Labute approximate surface area is 185 Å². The first-order valence-corrected chi connectivity index (χ1v) is 9.53. The lowest BCUT2D eigenvalue weighted by Gasteiger charge is -2.14. The average Bonchev–Trinajstić information content (AvgIpc) is 2.68. The maximum absolute atomic E-state index is 13.7. The number of alkyl halides is 3. The number of carbonyl (C=O) groups is 1. The SMILES string of the molecule is O=C(Nc1ccc(NC(=S)Nc2ccc(C(F)(F)F)c(Cl)c2)cc1)c1ccccc1F. The summed E-state index contributed by atoms with van der Waals surface area (Å²) in [6.45, 7) is 0. The van der Waals surface area contributed by atoms with Gasteiger partial charge in [0.2, 0.25) is 0 Å². The van der Waals surface area contributed by atoms with Crippen LogP contribution in [0.1, 0.15) is 15.9 Å². The second-order valence-electron chi connectivity index (χ2n) is 6.28. The highest BCUT2D eigenvalue weighted by atomic mass is 35.5. The number of rotatable bonds is 4. The summed E-state index contributed by atoms with van der Waals surface area (Å²) >= 11 is 10.8. The third-order valence-electron chi connectivity index (χ3n) is 4.05. The van der Waals surface area contributed by atoms with Crippen molar-refractivity contribution in [1.29, 1.82) is 0 Å². The molecule has 1 amide bonds. The van der Waals surface area contributed by atoms with E-state index in [-0.39, 0.29) is 16.4 Å². The lowest BCUT2D eigenvalue weighted by molar-refractivity contribution is -0.137. The first-order valence-electron chi connectivity index (χ1n) is 8.74. The highest BCUT2D eigenvalue weighted by molar-refractivity contribution is 7.80. The summed E-state index contributed by atoms with van der Waals surface area (Å²) in [5.41, 5.74) is 0.257. The van der Waals surface area contributed by atoms with E-state index in [0.717, 1.165) is 12.1 Å². The van der Waals surface area contributed by atoms with Crippen LogP contribution in [-0.4, -0.2) is 11.0 Å². The zero-order chi connectivity index (χ0) is 22.6. The monoisotopic (exact) mass is 467 g/mol. The van der Waals surface area contributed by atoms with E-state index >= 15 is 0 Å². The van der Waals surface area contributed by atoms with Gasteiger partial charge in [0.25, 0.3) is 5.91 Å². The lowest BCUT2D eigenvalue weighted by Crippen LogP contribution is -2.19. The molecule has 0 fully saturated rings. The number of amides is 1. The van der Waals surface area contributed by atoms with Crippen LogP contribution < -0.4 is 16.0 Å². The number of hydrogen-bond acceptors (Lipinski definition) is 2. The van der Waals surface area contributed by atoms with Gasteiger partial charge < -0.3 is 16.0 Å². The van der Waals surface area contributed by atoms with Gasteiger partial charge in [-0.3, -0.25) is 4.79 Å². The van der Waals surface area contributed by atoms with Gasteiger partial charge in [-0.15, -0.1) is 0 Å². The van der Waals surface area contributed by atoms with Crippen LogP contribution in [0.15, 0.2) is 66.7 Å². The van der Waals surface area contributed by atoms with Crippen molar-refractivity contribution in [2.45, 2.75) is 6.18 Å². The maximum atomic E-state index is 13.7. The minimum atomic E-state index is -4.54. The molecule has 0 saturated heterocycles. The molecule has 10 heteroatoms. The summed E-state index contributed by atoms with van der Waals surface area (Å²) in [4.78, 5) is 12.1. The van der Waals surface area contributed by atoms with E-state index in [1.165, 1.54) is 24.3 Å². The Balaban J connectivity index is 1.60. The molecule has 4 nitrogen and oxygen atoms in total. The molecular formula is C21H14ClF4N3OS. The summed E-state index contributed by atoms with van der Waals surface area (Å²) < 4.78 is 52.0. The molecule has 3 N–H and O–H groups in total. The van der Waals surface area contributed by atoms with Crippen LogP contribution in [0.25, 0.3) is 0 Å². The van der Waals surface area contributed by atoms with Gasteiger partial charge in [-0.25, -0.2) is 4.39 Å². The summed E-state index contributed by atoms with van der Waals surface area (Å²) in [6.07, 6.45) is -4.54. The van der Waals surface area contributed by atoms with Gasteiger partial charge in [-0.05, 0) is 66.8 Å². The first-order chi connectivity index (χ1) is 14.6. The van der Waals surface area contributed by atoms with Gasteiger partial charge in [0, 0.05) is 17.1 Å². The quantitative estimate of drug-likeness (QED) is 0.300. The molecule has 160 valence electrons. The third-order valence-corrected chi connectivity index (χ3v) is 4.57. The van der Waals surface area contributed by atoms with Gasteiger partial charge in [-0.2, -0.15) is 13.2 Å². The molecule has 3 aromatic rings. The van der Waals surface area contributed by atoms with Crippen molar-refractivity contribution in [1.82, 2.24) is 0 Å². The summed E-state index contributed by atoms with van der Waals surface area (Å²) in [5.74, 6) is -1.21. The number of thiocarbonyl (C=S) groups is 1. The van der Waals surface area contributed by atoms with Crippen LogP contribution >= 0.6 is 23.8 Å². The Morgan fingerprint density at radius 3 is 1.97 bits per heavy atom. The molecule has 0 atom stereocenters. The van der Waals surface area contributed by atoms with Gasteiger partial charge >= 0.3 is 6.18 Å². The fourth-order valence-electron chi connectivity index (χ4n) is 2.60. The van der Waals surface area contributed by atoms with Crippen LogP contribution in [0.3, 0.4) is 0 Å². The number of benzene rings is 3. The smallest absolute Gasteiger partial charge is 0.332 e. The number of carbonyl (C=O) groups excluding carboxylic acids is 1. The molecule has 0 saturated carbocycles. The normalized spacial score (nSPS) is 11.0. The Kier molecular flexibility index (Phi) is 6.77. The second kappa shape index (κ2) is 9.32. The van der Waals surface area contributed by atoms with Gasteiger partial charge in [-0.1, -0.05) is 23.7 Å². The molecule has 0 heterocycles. The van der Waals surface area contributed by atoms with Crippen molar-refractivity contribution in [2.24, 2.45) is 0 Å². The van der Waals surface area contributed by atoms with Gasteiger partial charge in [0.1, 0.15) is 5.82 Å². The minimum Gasteiger partial charge on any atom is -0.332 e. The minimum absolute atomic E-state index is 0.0784. The standard InChI is InChI=1S/C21H14ClF4N3OS/c22-17-11-14(9-10-16(17)21(24,25)26)29-20(31)28-13-7-5-12(6-8-13)27-19(30)15-3-1-2-4-18(15)23/h1-11H,(H,27,30)(H2,28,29,31). The third kappa shape index (κ3) is 5.93. The van der Waals surface area contributed by atoms with E-state index < -0.39 is 28.5 Å². The van der Waals surface area contributed by atoms with Gasteiger partial charge in [0.15, 0.2) is 5.11 Å². The Bertz CT molecular complexity index is 1120. The van der Waals surface area contributed by atoms with Crippen LogP contribution in [0, 0.1) is 5.82 Å². The van der Waals surface area contributed by atoms with Crippen molar-refractivity contribution in [2.75, 3.05) is 16.0 Å². The topological polar surface area (TPSA) is 53.2 Å². The Morgan fingerprint density at radius 1 is 0.839 bits per heavy atom. The molecule has 0 unspecified atom stereocenters. The molecule has 0 radical (unpaired) electrons. The van der Waals surface area contributed by atoms with Crippen LogP contribution in [0.4, 0.5) is 34.6 Å². The van der Waals surface area contributed by atoms with Crippen LogP contribution in [-0.2, 0) is 6.18 Å². The van der Waals surface area contributed by atoms with Crippen LogP contribution in [0.5, 0.6) is 0 Å². The van der Waals surface area contributed by atoms with Gasteiger partial charge in [0.05, 0.1) is 16.1 Å². The van der Waals surface area contributed by atoms with Crippen molar-refractivity contribution < 1.29 is 22.4 Å². The lowest BCUT2D eigenvalue weighted by atomic mass is 10.2. The molecule has 0 spiro atoms. The average molecular weight is 468 g/mol. The summed E-state index contributed by atoms with van der Waals surface area (Å²) in [7, 11) is 0. The van der Waals surface area contributed by atoms with Crippen molar-refractivity contribution >= 4 is 51.9 Å². The van der Waals surface area contributed by atoms with E-state index in [0.29, 0.717) is 11.4 Å². The first kappa shape index (κ1) is 22.5.